The zero-order valence-electron chi connectivity index (χ0n) is 15.6. The molecule has 2 atom stereocenters. The molecule has 1 aromatic heterocycles. The van der Waals surface area contributed by atoms with Crippen LogP contribution in [0.2, 0.25) is 0 Å². The number of aliphatic hydroxyl groups excluding tert-OH is 1. The number of benzene rings is 1. The lowest BCUT2D eigenvalue weighted by Crippen LogP contribution is -2.41. The number of likely N-dealkylation sites (N-methyl/N-ethyl adjacent to an activating group) is 1. The second kappa shape index (κ2) is 9.10. The van der Waals surface area contributed by atoms with Crippen LogP contribution in [0.1, 0.15) is 31.4 Å². The predicted molar refractivity (Wildman–Crippen MR) is 102 cm³/mol. The van der Waals surface area contributed by atoms with Gasteiger partial charge in [-0.2, -0.15) is 5.10 Å². The first-order valence-corrected chi connectivity index (χ1v) is 9.49. The average Bonchev–Trinajstić information content (AvgIpc) is 3.30. The van der Waals surface area contributed by atoms with Gasteiger partial charge in [-0.1, -0.05) is 6.42 Å². The average molecular weight is 374 g/mol. The molecule has 0 aliphatic carbocycles. The Morgan fingerprint density at radius 3 is 2.78 bits per heavy atom. The van der Waals surface area contributed by atoms with Gasteiger partial charge in [0.25, 0.3) is 0 Å². The first-order valence-electron chi connectivity index (χ1n) is 9.49. The zero-order valence-corrected chi connectivity index (χ0v) is 15.6. The van der Waals surface area contributed by atoms with Gasteiger partial charge in [0, 0.05) is 31.4 Å². The second-order valence-electron chi connectivity index (χ2n) is 7.21. The number of hydrogen-bond donors (Lipinski definition) is 3. The van der Waals surface area contributed by atoms with Crippen LogP contribution >= 0.6 is 0 Å². The van der Waals surface area contributed by atoms with Gasteiger partial charge in [0.1, 0.15) is 5.82 Å². The molecule has 3 rings (SSSR count). The maximum Gasteiger partial charge on any atom is 0.239 e. The van der Waals surface area contributed by atoms with E-state index in [-0.39, 0.29) is 17.8 Å². The van der Waals surface area contributed by atoms with Gasteiger partial charge < -0.3 is 15.3 Å². The van der Waals surface area contributed by atoms with Crippen LogP contribution in [0.5, 0.6) is 0 Å². The number of amides is 1. The number of aryl methyl sites for hydroxylation is 1. The molecule has 0 bridgehead atoms. The summed E-state index contributed by atoms with van der Waals surface area (Å²) in [5.41, 5.74) is 2.77. The van der Waals surface area contributed by atoms with E-state index < -0.39 is 6.10 Å². The lowest BCUT2D eigenvalue weighted by Gasteiger charge is -2.21. The fraction of sp³-hybridized carbons (Fsp3) is 0.500. The van der Waals surface area contributed by atoms with E-state index in [1.54, 1.807) is 17.0 Å². The maximum absolute atomic E-state index is 13.0. The molecule has 2 unspecified atom stereocenters. The van der Waals surface area contributed by atoms with Crippen molar-refractivity contribution in [2.24, 2.45) is 0 Å². The van der Waals surface area contributed by atoms with E-state index in [0.29, 0.717) is 13.0 Å². The number of carbonyl (C=O) groups is 1. The van der Waals surface area contributed by atoms with Crippen molar-refractivity contribution in [3.8, 4) is 11.3 Å². The molecule has 1 fully saturated rings. The first-order chi connectivity index (χ1) is 13.0. The van der Waals surface area contributed by atoms with Crippen LogP contribution in [0, 0.1) is 5.82 Å². The van der Waals surface area contributed by atoms with Crippen LogP contribution in [0.3, 0.4) is 0 Å². The van der Waals surface area contributed by atoms with Crippen molar-refractivity contribution < 1.29 is 14.3 Å². The van der Waals surface area contributed by atoms with E-state index >= 15 is 0 Å². The number of hydrogen-bond acceptors (Lipinski definition) is 4. The fourth-order valence-electron chi connectivity index (χ4n) is 3.38. The van der Waals surface area contributed by atoms with Gasteiger partial charge >= 0.3 is 0 Å². The highest BCUT2D eigenvalue weighted by Crippen LogP contribution is 2.19. The molecule has 3 N–H and O–H groups in total. The Bertz CT molecular complexity index is 747. The van der Waals surface area contributed by atoms with Gasteiger partial charge in [-0.15, -0.1) is 0 Å². The number of halogens is 1. The van der Waals surface area contributed by atoms with E-state index in [9.17, 15) is 14.3 Å². The number of β-amino-alcohol motifs (C(OH)–C–C–N with tert-alkyl or cyclic N) is 1. The summed E-state index contributed by atoms with van der Waals surface area (Å²) in [5.74, 6) is -0.193. The van der Waals surface area contributed by atoms with Gasteiger partial charge in [-0.25, -0.2) is 4.39 Å². The molecule has 1 aromatic carbocycles. The molecule has 1 amide bonds. The van der Waals surface area contributed by atoms with E-state index in [2.05, 4.69) is 15.5 Å². The molecule has 1 aliphatic rings. The maximum atomic E-state index is 13.0. The number of nitrogens with one attached hydrogen (secondary N) is 2. The Labute approximate surface area is 158 Å². The molecule has 27 heavy (non-hydrogen) atoms. The van der Waals surface area contributed by atoms with Crippen molar-refractivity contribution in [1.82, 2.24) is 20.4 Å². The highest BCUT2D eigenvalue weighted by Gasteiger charge is 2.29. The van der Waals surface area contributed by atoms with E-state index in [1.807, 2.05) is 13.1 Å². The van der Waals surface area contributed by atoms with Crippen LogP contribution < -0.4 is 5.32 Å². The monoisotopic (exact) mass is 374 g/mol. The third-order valence-corrected chi connectivity index (χ3v) is 4.99. The number of aromatic nitrogens is 2. The minimum Gasteiger partial charge on any atom is -0.392 e. The Morgan fingerprint density at radius 2 is 2.07 bits per heavy atom. The van der Waals surface area contributed by atoms with Crippen LogP contribution in [0.4, 0.5) is 4.39 Å². The molecule has 0 spiro atoms. The minimum atomic E-state index is -0.415. The normalized spacial score (nSPS) is 19.4. The number of unbranched alkanes of at least 4 members (excludes halogenated alkanes) is 2. The summed E-state index contributed by atoms with van der Waals surface area (Å²) in [7, 11) is 1.82. The van der Waals surface area contributed by atoms with E-state index in [1.165, 1.54) is 12.1 Å². The van der Waals surface area contributed by atoms with Crippen molar-refractivity contribution in [2.75, 3.05) is 20.1 Å². The van der Waals surface area contributed by atoms with Crippen molar-refractivity contribution in [3.05, 3.63) is 41.8 Å². The molecule has 1 aliphatic heterocycles. The minimum absolute atomic E-state index is 0.0593. The molecule has 0 radical (unpaired) electrons. The van der Waals surface area contributed by atoms with Gasteiger partial charge in [0.2, 0.25) is 5.91 Å². The van der Waals surface area contributed by atoms with E-state index in [0.717, 1.165) is 49.2 Å². The summed E-state index contributed by atoms with van der Waals surface area (Å²) in [6.45, 7) is 1.21. The number of aliphatic hydroxyl groups is 1. The Hall–Kier alpha value is -2.25. The lowest BCUT2D eigenvalue weighted by atomic mass is 10.1. The molecule has 2 heterocycles. The molecule has 1 saturated heterocycles. The lowest BCUT2D eigenvalue weighted by molar-refractivity contribution is -0.132. The summed E-state index contributed by atoms with van der Waals surface area (Å²) in [6.07, 6.45) is 3.94. The third-order valence-electron chi connectivity index (χ3n) is 4.99. The van der Waals surface area contributed by atoms with Gasteiger partial charge in [-0.3, -0.25) is 9.89 Å². The standard InChI is InChI=1S/C20H27FN4O2/c1-25(20(27)19-12-17(26)13-22-19)10-4-2-3-5-16-11-18(24-23-16)14-6-8-15(21)9-7-14/h6-9,11,17,19,22,26H,2-5,10,12-13H2,1H3,(H,23,24). The summed E-state index contributed by atoms with van der Waals surface area (Å²) in [4.78, 5) is 14.0. The number of carbonyl (C=O) groups excluding carboxylic acids is 1. The number of H-pyrrole nitrogens is 1. The molecule has 146 valence electrons. The number of nitrogens with zero attached hydrogens (tertiary/aromatic N) is 2. The van der Waals surface area contributed by atoms with Crippen molar-refractivity contribution >= 4 is 5.91 Å². The molecule has 2 aromatic rings. The summed E-state index contributed by atoms with van der Waals surface area (Å²) >= 11 is 0. The summed E-state index contributed by atoms with van der Waals surface area (Å²) in [5, 5.41) is 19.9. The zero-order chi connectivity index (χ0) is 19.2. The van der Waals surface area contributed by atoms with Gasteiger partial charge in [-0.05, 0) is 56.0 Å². The second-order valence-corrected chi connectivity index (χ2v) is 7.21. The quantitative estimate of drug-likeness (QED) is 0.618. The largest absolute Gasteiger partial charge is 0.392 e. The molecule has 7 heteroatoms. The van der Waals surface area contributed by atoms with Gasteiger partial charge in [0.15, 0.2) is 0 Å². The Kier molecular flexibility index (Phi) is 6.58. The highest BCUT2D eigenvalue weighted by molar-refractivity contribution is 5.82. The van der Waals surface area contributed by atoms with Crippen molar-refractivity contribution in [3.63, 3.8) is 0 Å². The summed E-state index contributed by atoms with van der Waals surface area (Å²) in [6, 6.07) is 8.06. The SMILES string of the molecule is CN(CCCCCc1cc(-c2ccc(F)cc2)n[nH]1)C(=O)C1CC(O)CN1. The molecule has 6 nitrogen and oxygen atoms in total. The topological polar surface area (TPSA) is 81.2 Å². The van der Waals surface area contributed by atoms with E-state index in [4.69, 9.17) is 0 Å². The fourth-order valence-corrected chi connectivity index (χ4v) is 3.38. The van der Waals surface area contributed by atoms with Crippen LogP contribution in [-0.2, 0) is 11.2 Å². The molecule has 0 saturated carbocycles. The predicted octanol–water partition coefficient (Wildman–Crippen LogP) is 2.11. The Balaban J connectivity index is 1.35. The smallest absolute Gasteiger partial charge is 0.239 e. The van der Waals surface area contributed by atoms with Gasteiger partial charge in [0.05, 0.1) is 17.8 Å². The molecular weight excluding hydrogens is 347 g/mol. The Morgan fingerprint density at radius 1 is 1.30 bits per heavy atom. The number of rotatable bonds is 8. The van der Waals surface area contributed by atoms with Crippen LogP contribution in [0.25, 0.3) is 11.3 Å². The van der Waals surface area contributed by atoms with Crippen LogP contribution in [-0.4, -0.2) is 58.4 Å². The third kappa shape index (κ3) is 5.37. The highest BCUT2D eigenvalue weighted by atomic mass is 19.1. The number of aromatic amines is 1. The first kappa shape index (κ1) is 19.5. The summed E-state index contributed by atoms with van der Waals surface area (Å²) < 4.78 is 13.0. The van der Waals surface area contributed by atoms with Crippen molar-refractivity contribution in [2.45, 2.75) is 44.2 Å². The van der Waals surface area contributed by atoms with Crippen LogP contribution in [0.15, 0.2) is 30.3 Å². The van der Waals surface area contributed by atoms with Crippen molar-refractivity contribution in [1.29, 1.82) is 0 Å². The molecular formula is C20H27FN4O2.